The molecule has 23 heavy (non-hydrogen) atoms. The summed E-state index contributed by atoms with van der Waals surface area (Å²) in [4.78, 5) is 14.8. The molecule has 1 aliphatic carbocycles. The number of nitrogens with zero attached hydrogens (tertiary/aromatic N) is 3. The Hall–Kier alpha value is -1.37. The van der Waals surface area contributed by atoms with Crippen LogP contribution in [0.4, 0.5) is 0 Å². The van der Waals surface area contributed by atoms with E-state index in [1.54, 1.807) is 4.68 Å². The maximum Gasteiger partial charge on any atom is 0.229 e. The third-order valence-electron chi connectivity index (χ3n) is 4.96. The summed E-state index contributed by atoms with van der Waals surface area (Å²) in [5, 5.41) is 4.28. The van der Waals surface area contributed by atoms with Crippen LogP contribution < -0.4 is 0 Å². The number of aromatic nitrogens is 2. The van der Waals surface area contributed by atoms with Gasteiger partial charge in [-0.1, -0.05) is 19.3 Å². The highest BCUT2D eigenvalue weighted by Crippen LogP contribution is 2.28. The van der Waals surface area contributed by atoms with Crippen LogP contribution in [-0.2, 0) is 28.1 Å². The molecule has 0 N–H and O–H groups in total. The fourth-order valence-electron chi connectivity index (χ4n) is 3.86. The molecule has 2 heterocycles. The zero-order valence-electron chi connectivity index (χ0n) is 13.6. The standard InChI is InChI=1S/C16H25N3O3S/c1-18-9-7-13(17-18)11-16(20)19(14-5-3-2-4-6-14)15-8-10-23(21,22)12-15/h7,9,14-15H,2-6,8,10-12H2,1H3. The first-order valence-electron chi connectivity index (χ1n) is 8.45. The lowest BCUT2D eigenvalue weighted by Crippen LogP contribution is -2.49. The van der Waals surface area contributed by atoms with Gasteiger partial charge in [0.2, 0.25) is 5.91 Å². The van der Waals surface area contributed by atoms with E-state index in [0.29, 0.717) is 6.42 Å². The number of rotatable bonds is 4. The van der Waals surface area contributed by atoms with Crippen molar-refractivity contribution in [1.82, 2.24) is 14.7 Å². The highest BCUT2D eigenvalue weighted by Gasteiger charge is 2.38. The molecule has 0 radical (unpaired) electrons. The summed E-state index contributed by atoms with van der Waals surface area (Å²) >= 11 is 0. The number of hydrogen-bond acceptors (Lipinski definition) is 4. The first kappa shape index (κ1) is 16.5. The van der Waals surface area contributed by atoms with E-state index in [4.69, 9.17) is 0 Å². The Morgan fingerprint density at radius 3 is 2.57 bits per heavy atom. The molecule has 7 heteroatoms. The molecule has 128 valence electrons. The highest BCUT2D eigenvalue weighted by atomic mass is 32.2. The molecule has 0 bridgehead atoms. The van der Waals surface area contributed by atoms with E-state index in [-0.39, 0.29) is 35.9 Å². The fourth-order valence-corrected chi connectivity index (χ4v) is 5.57. The largest absolute Gasteiger partial charge is 0.335 e. The van der Waals surface area contributed by atoms with Crippen molar-refractivity contribution in [2.45, 2.75) is 57.0 Å². The Balaban J connectivity index is 1.77. The Bertz CT molecular complexity index is 662. The minimum Gasteiger partial charge on any atom is -0.335 e. The van der Waals surface area contributed by atoms with Crippen LogP contribution in [0.2, 0.25) is 0 Å². The van der Waals surface area contributed by atoms with Crippen LogP contribution in [0.3, 0.4) is 0 Å². The van der Waals surface area contributed by atoms with Gasteiger partial charge in [-0.05, 0) is 25.3 Å². The van der Waals surface area contributed by atoms with Gasteiger partial charge in [-0.3, -0.25) is 9.48 Å². The minimum absolute atomic E-state index is 0.0256. The summed E-state index contributed by atoms with van der Waals surface area (Å²) in [6.07, 6.45) is 8.10. The van der Waals surface area contributed by atoms with Gasteiger partial charge in [0.05, 0.1) is 23.6 Å². The van der Waals surface area contributed by atoms with Crippen LogP contribution in [0, 0.1) is 0 Å². The normalized spacial score (nSPS) is 24.7. The van der Waals surface area contributed by atoms with Crippen LogP contribution in [0.5, 0.6) is 0 Å². The van der Waals surface area contributed by atoms with Gasteiger partial charge in [-0.15, -0.1) is 0 Å². The predicted molar refractivity (Wildman–Crippen MR) is 87.7 cm³/mol. The van der Waals surface area contributed by atoms with Gasteiger partial charge < -0.3 is 4.90 Å². The number of aryl methyl sites for hydroxylation is 1. The van der Waals surface area contributed by atoms with E-state index >= 15 is 0 Å². The van der Waals surface area contributed by atoms with E-state index in [1.807, 2.05) is 24.2 Å². The van der Waals surface area contributed by atoms with Gasteiger partial charge in [0.25, 0.3) is 0 Å². The summed E-state index contributed by atoms with van der Waals surface area (Å²) < 4.78 is 25.4. The van der Waals surface area contributed by atoms with Gasteiger partial charge in [-0.2, -0.15) is 5.10 Å². The van der Waals surface area contributed by atoms with Crippen molar-refractivity contribution in [1.29, 1.82) is 0 Å². The van der Waals surface area contributed by atoms with Gasteiger partial charge in [-0.25, -0.2) is 8.42 Å². The summed E-state index contributed by atoms with van der Waals surface area (Å²) in [6.45, 7) is 0. The van der Waals surface area contributed by atoms with Crippen LogP contribution in [0.1, 0.15) is 44.2 Å². The molecule has 1 aromatic rings. The molecule has 1 atom stereocenters. The molecular formula is C16H25N3O3S. The second-order valence-corrected chi connectivity index (χ2v) is 9.04. The highest BCUT2D eigenvalue weighted by molar-refractivity contribution is 7.91. The van der Waals surface area contributed by atoms with Crippen LogP contribution in [-0.4, -0.2) is 52.6 Å². The predicted octanol–water partition coefficient (Wildman–Crippen LogP) is 1.31. The second-order valence-electron chi connectivity index (χ2n) is 6.81. The monoisotopic (exact) mass is 339 g/mol. The van der Waals surface area contributed by atoms with E-state index in [9.17, 15) is 13.2 Å². The van der Waals surface area contributed by atoms with Crippen molar-refractivity contribution in [2.24, 2.45) is 7.05 Å². The van der Waals surface area contributed by atoms with Gasteiger partial charge >= 0.3 is 0 Å². The zero-order valence-corrected chi connectivity index (χ0v) is 14.5. The zero-order chi connectivity index (χ0) is 16.4. The number of carbonyl (C=O) groups is 1. The molecule has 6 nitrogen and oxygen atoms in total. The van der Waals surface area contributed by atoms with Crippen molar-refractivity contribution in [2.75, 3.05) is 11.5 Å². The van der Waals surface area contributed by atoms with Crippen molar-refractivity contribution < 1.29 is 13.2 Å². The van der Waals surface area contributed by atoms with E-state index < -0.39 is 9.84 Å². The molecule has 1 saturated carbocycles. The van der Waals surface area contributed by atoms with E-state index in [2.05, 4.69) is 5.10 Å². The fraction of sp³-hybridized carbons (Fsp3) is 0.750. The Labute approximate surface area is 137 Å². The third kappa shape index (κ3) is 3.94. The summed E-state index contributed by atoms with van der Waals surface area (Å²) in [6, 6.07) is 1.89. The topological polar surface area (TPSA) is 72.3 Å². The average molecular weight is 339 g/mol. The maximum atomic E-state index is 12.9. The Kier molecular flexibility index (Phi) is 4.75. The Morgan fingerprint density at radius 2 is 2.00 bits per heavy atom. The molecule has 0 aromatic carbocycles. The smallest absolute Gasteiger partial charge is 0.229 e. The molecule has 2 aliphatic rings. The minimum atomic E-state index is -3.00. The molecule has 1 aromatic heterocycles. The summed E-state index contributed by atoms with van der Waals surface area (Å²) in [5.41, 5.74) is 0.749. The third-order valence-corrected chi connectivity index (χ3v) is 6.71. The van der Waals surface area contributed by atoms with Crippen molar-refractivity contribution >= 4 is 15.7 Å². The molecule has 1 unspecified atom stereocenters. The van der Waals surface area contributed by atoms with Gasteiger partial charge in [0.1, 0.15) is 0 Å². The molecule has 1 saturated heterocycles. The second kappa shape index (κ2) is 6.63. The van der Waals surface area contributed by atoms with Crippen LogP contribution in [0.15, 0.2) is 12.3 Å². The average Bonchev–Trinajstić information content (AvgIpc) is 3.06. The molecule has 1 aliphatic heterocycles. The van der Waals surface area contributed by atoms with Crippen LogP contribution in [0.25, 0.3) is 0 Å². The van der Waals surface area contributed by atoms with Crippen molar-refractivity contribution in [3.05, 3.63) is 18.0 Å². The number of sulfone groups is 1. The molecule has 0 spiro atoms. The lowest BCUT2D eigenvalue weighted by Gasteiger charge is -2.38. The molecule has 1 amide bonds. The number of amides is 1. The van der Waals surface area contributed by atoms with Gasteiger partial charge in [0.15, 0.2) is 9.84 Å². The number of carbonyl (C=O) groups excluding carboxylic acids is 1. The quantitative estimate of drug-likeness (QED) is 0.829. The molecule has 3 rings (SSSR count). The Morgan fingerprint density at radius 1 is 1.26 bits per heavy atom. The maximum absolute atomic E-state index is 12.9. The van der Waals surface area contributed by atoms with Gasteiger partial charge in [0, 0.05) is 25.3 Å². The lowest BCUT2D eigenvalue weighted by atomic mass is 9.92. The van der Waals surface area contributed by atoms with E-state index in [1.165, 1.54) is 6.42 Å². The van der Waals surface area contributed by atoms with E-state index in [0.717, 1.165) is 31.4 Å². The lowest BCUT2D eigenvalue weighted by molar-refractivity contribution is -0.135. The number of hydrogen-bond donors (Lipinski definition) is 0. The summed E-state index contributed by atoms with van der Waals surface area (Å²) in [5.74, 6) is 0.354. The van der Waals surface area contributed by atoms with Crippen LogP contribution >= 0.6 is 0 Å². The summed E-state index contributed by atoms with van der Waals surface area (Å²) in [7, 11) is -1.17. The first-order chi connectivity index (χ1) is 10.9. The first-order valence-corrected chi connectivity index (χ1v) is 10.3. The molecule has 2 fully saturated rings. The molecular weight excluding hydrogens is 314 g/mol. The van der Waals surface area contributed by atoms with Crippen molar-refractivity contribution in [3.8, 4) is 0 Å². The van der Waals surface area contributed by atoms with Crippen molar-refractivity contribution in [3.63, 3.8) is 0 Å². The SMILES string of the molecule is Cn1ccc(CC(=O)N(C2CCCCC2)C2CCS(=O)(=O)C2)n1.